The molecular weight excluding hydrogens is 230 g/mol. The van der Waals surface area contributed by atoms with Gasteiger partial charge in [-0.2, -0.15) is 0 Å². The number of nitrogen functional groups attached to an aromatic ring is 1. The molecule has 2 unspecified atom stereocenters. The average Bonchev–Trinajstić information content (AvgIpc) is 2.69. The largest absolute Gasteiger partial charge is 0.469 e. The number of pyridine rings is 1. The normalized spacial score (nSPS) is 24.1. The quantitative estimate of drug-likeness (QED) is 0.806. The molecule has 0 radical (unpaired) electrons. The van der Waals surface area contributed by atoms with Gasteiger partial charge in [0.1, 0.15) is 5.82 Å². The molecule has 0 amide bonds. The molecule has 2 N–H and O–H groups in total. The van der Waals surface area contributed by atoms with Gasteiger partial charge in [0.15, 0.2) is 0 Å². The van der Waals surface area contributed by atoms with Crippen LogP contribution in [0.5, 0.6) is 0 Å². The molecule has 0 saturated carbocycles. The minimum atomic E-state index is -0.112. The lowest BCUT2D eigenvalue weighted by Crippen LogP contribution is -2.24. The second-order valence-corrected chi connectivity index (χ2v) is 4.89. The average molecular weight is 249 g/mol. The number of nitrogens with zero attached hydrogens (tertiary/aromatic N) is 2. The minimum Gasteiger partial charge on any atom is -0.469 e. The molecule has 2 heterocycles. The van der Waals surface area contributed by atoms with E-state index in [1.165, 1.54) is 7.11 Å². The fourth-order valence-corrected chi connectivity index (χ4v) is 2.51. The fourth-order valence-electron chi connectivity index (χ4n) is 2.51. The predicted molar refractivity (Wildman–Crippen MR) is 68.6 cm³/mol. The van der Waals surface area contributed by atoms with Gasteiger partial charge in [0.25, 0.3) is 0 Å². The van der Waals surface area contributed by atoms with Crippen LogP contribution < -0.4 is 5.73 Å². The summed E-state index contributed by atoms with van der Waals surface area (Å²) in [7, 11) is 1.45. The maximum absolute atomic E-state index is 11.6. The number of nitrogens with two attached hydrogens (primary N) is 1. The number of methoxy groups -OCH3 is 1. The van der Waals surface area contributed by atoms with Gasteiger partial charge >= 0.3 is 5.97 Å². The molecule has 5 nitrogen and oxygen atoms in total. The van der Waals surface area contributed by atoms with Crippen LogP contribution in [0.15, 0.2) is 18.3 Å². The molecule has 1 fully saturated rings. The number of rotatable bonds is 3. The molecule has 2 rings (SSSR count). The molecule has 1 aliphatic rings. The maximum Gasteiger partial charge on any atom is 0.310 e. The third kappa shape index (κ3) is 2.79. The van der Waals surface area contributed by atoms with Crippen LogP contribution in [0.2, 0.25) is 0 Å². The molecule has 0 aliphatic carbocycles. The Balaban J connectivity index is 1.98. The van der Waals surface area contributed by atoms with Crippen molar-refractivity contribution in [1.29, 1.82) is 0 Å². The van der Waals surface area contributed by atoms with Gasteiger partial charge in [-0.15, -0.1) is 0 Å². The Kier molecular flexibility index (Phi) is 3.81. The topological polar surface area (TPSA) is 68.5 Å². The molecule has 18 heavy (non-hydrogen) atoms. The molecule has 2 atom stereocenters. The molecule has 5 heteroatoms. The van der Waals surface area contributed by atoms with Gasteiger partial charge < -0.3 is 10.5 Å². The van der Waals surface area contributed by atoms with E-state index >= 15 is 0 Å². The minimum absolute atomic E-state index is 0.0193. The molecular formula is C13H19N3O2. The molecule has 98 valence electrons. The van der Waals surface area contributed by atoms with Crippen LogP contribution in [-0.2, 0) is 16.1 Å². The van der Waals surface area contributed by atoms with Crippen molar-refractivity contribution in [2.24, 2.45) is 11.8 Å². The van der Waals surface area contributed by atoms with E-state index in [4.69, 9.17) is 10.5 Å². The number of esters is 1. The van der Waals surface area contributed by atoms with Crippen LogP contribution in [-0.4, -0.2) is 36.1 Å². The van der Waals surface area contributed by atoms with Crippen molar-refractivity contribution in [1.82, 2.24) is 9.88 Å². The lowest BCUT2D eigenvalue weighted by atomic mass is 9.99. The van der Waals surface area contributed by atoms with Crippen LogP contribution in [0.3, 0.4) is 0 Å². The first kappa shape index (κ1) is 12.8. The van der Waals surface area contributed by atoms with Gasteiger partial charge in [-0.3, -0.25) is 9.69 Å². The van der Waals surface area contributed by atoms with Crippen LogP contribution >= 0.6 is 0 Å². The van der Waals surface area contributed by atoms with Gasteiger partial charge in [0.2, 0.25) is 0 Å². The van der Waals surface area contributed by atoms with Crippen LogP contribution in [0.4, 0.5) is 5.82 Å². The number of anilines is 1. The number of ether oxygens (including phenoxy) is 1. The highest BCUT2D eigenvalue weighted by Crippen LogP contribution is 2.25. The summed E-state index contributed by atoms with van der Waals surface area (Å²) in [4.78, 5) is 17.8. The first-order valence-electron chi connectivity index (χ1n) is 6.10. The number of carbonyl (C=O) groups excluding carboxylic acids is 1. The second-order valence-electron chi connectivity index (χ2n) is 4.89. The zero-order chi connectivity index (χ0) is 13.1. The van der Waals surface area contributed by atoms with Crippen molar-refractivity contribution in [3.05, 3.63) is 23.9 Å². The summed E-state index contributed by atoms with van der Waals surface area (Å²) in [5.41, 5.74) is 6.78. The monoisotopic (exact) mass is 249 g/mol. The Morgan fingerprint density at radius 1 is 1.61 bits per heavy atom. The van der Waals surface area contributed by atoms with Crippen LogP contribution in [0.1, 0.15) is 12.5 Å². The third-order valence-electron chi connectivity index (χ3n) is 3.44. The Morgan fingerprint density at radius 2 is 2.39 bits per heavy atom. The lowest BCUT2D eigenvalue weighted by Gasteiger charge is -2.15. The third-order valence-corrected chi connectivity index (χ3v) is 3.44. The van der Waals surface area contributed by atoms with E-state index in [2.05, 4.69) is 16.8 Å². The highest BCUT2D eigenvalue weighted by molar-refractivity contribution is 5.73. The second kappa shape index (κ2) is 5.35. The number of hydrogen-bond acceptors (Lipinski definition) is 5. The molecule has 0 spiro atoms. The predicted octanol–water partition coefficient (Wildman–Crippen LogP) is 0.905. The maximum atomic E-state index is 11.6. The summed E-state index contributed by atoms with van der Waals surface area (Å²) in [5.74, 6) is 0.731. The first-order chi connectivity index (χ1) is 8.60. The van der Waals surface area contributed by atoms with Crippen LogP contribution in [0.25, 0.3) is 0 Å². The molecule has 1 aromatic heterocycles. The van der Waals surface area contributed by atoms with E-state index in [0.29, 0.717) is 11.7 Å². The van der Waals surface area contributed by atoms with Crippen molar-refractivity contribution >= 4 is 11.8 Å². The summed E-state index contributed by atoms with van der Waals surface area (Å²) >= 11 is 0. The van der Waals surface area contributed by atoms with Crippen molar-refractivity contribution in [3.8, 4) is 0 Å². The van der Waals surface area contributed by atoms with Gasteiger partial charge in [-0.25, -0.2) is 4.98 Å². The van der Waals surface area contributed by atoms with Gasteiger partial charge in [0, 0.05) is 25.8 Å². The Bertz CT molecular complexity index is 436. The summed E-state index contributed by atoms with van der Waals surface area (Å²) in [6.07, 6.45) is 1.71. The van der Waals surface area contributed by atoms with Gasteiger partial charge in [0.05, 0.1) is 13.0 Å². The number of carbonyl (C=O) groups is 1. The van der Waals surface area contributed by atoms with E-state index in [1.807, 2.05) is 12.1 Å². The van der Waals surface area contributed by atoms with E-state index in [9.17, 15) is 4.79 Å². The fraction of sp³-hybridized carbons (Fsp3) is 0.538. The van der Waals surface area contributed by atoms with Crippen molar-refractivity contribution in [2.45, 2.75) is 13.5 Å². The molecule has 1 aliphatic heterocycles. The standard InChI is InChI=1S/C13H19N3O2/c1-9-6-16(8-11(9)13(17)18-2)7-10-3-4-15-12(14)5-10/h3-5,9,11H,6-8H2,1-2H3,(H2,14,15). The van der Waals surface area contributed by atoms with Crippen molar-refractivity contribution < 1.29 is 9.53 Å². The van der Waals surface area contributed by atoms with E-state index in [1.54, 1.807) is 6.20 Å². The van der Waals surface area contributed by atoms with Crippen molar-refractivity contribution in [3.63, 3.8) is 0 Å². The summed E-state index contributed by atoms with van der Waals surface area (Å²) in [6.45, 7) is 4.53. The van der Waals surface area contributed by atoms with E-state index in [-0.39, 0.29) is 11.9 Å². The summed E-state index contributed by atoms with van der Waals surface area (Å²) in [6, 6.07) is 3.82. The van der Waals surface area contributed by atoms with E-state index in [0.717, 1.165) is 25.2 Å². The SMILES string of the molecule is COC(=O)C1CN(Cc2ccnc(N)c2)CC1C. The summed E-state index contributed by atoms with van der Waals surface area (Å²) < 4.78 is 4.83. The molecule has 1 saturated heterocycles. The van der Waals surface area contributed by atoms with Crippen LogP contribution in [0, 0.1) is 11.8 Å². The summed E-state index contributed by atoms with van der Waals surface area (Å²) in [5, 5.41) is 0. The van der Waals surface area contributed by atoms with Crippen molar-refractivity contribution in [2.75, 3.05) is 25.9 Å². The van der Waals surface area contributed by atoms with Gasteiger partial charge in [-0.05, 0) is 23.6 Å². The zero-order valence-electron chi connectivity index (χ0n) is 10.8. The highest BCUT2D eigenvalue weighted by atomic mass is 16.5. The number of hydrogen-bond donors (Lipinski definition) is 1. The molecule has 0 aromatic carbocycles. The highest BCUT2D eigenvalue weighted by Gasteiger charge is 2.35. The van der Waals surface area contributed by atoms with E-state index < -0.39 is 0 Å². The zero-order valence-corrected chi connectivity index (χ0v) is 10.8. The first-order valence-corrected chi connectivity index (χ1v) is 6.10. The number of aromatic nitrogens is 1. The Labute approximate surface area is 107 Å². The van der Waals surface area contributed by atoms with Gasteiger partial charge in [-0.1, -0.05) is 6.92 Å². The molecule has 1 aromatic rings. The number of likely N-dealkylation sites (tertiary alicyclic amines) is 1. The Hall–Kier alpha value is -1.62. The smallest absolute Gasteiger partial charge is 0.310 e. The molecule has 0 bridgehead atoms. The Morgan fingerprint density at radius 3 is 3.06 bits per heavy atom. The lowest BCUT2D eigenvalue weighted by molar-refractivity contribution is -0.146.